The zero-order valence-corrected chi connectivity index (χ0v) is 26.3. The number of carbonyl (C=O) groups excluding carboxylic acids is 1. The summed E-state index contributed by atoms with van der Waals surface area (Å²) in [6.07, 6.45) is 3.00. The first-order valence-electron chi connectivity index (χ1n) is 14.6. The van der Waals surface area contributed by atoms with Gasteiger partial charge in [0.05, 0.1) is 37.2 Å². The van der Waals surface area contributed by atoms with Crippen LogP contribution in [0.25, 0.3) is 0 Å². The number of amides is 1. The monoisotopic (exact) mass is 642 g/mol. The van der Waals surface area contributed by atoms with E-state index in [1.807, 2.05) is 24.0 Å². The molecule has 4 heterocycles. The number of ether oxygens (including phenoxy) is 2. The summed E-state index contributed by atoms with van der Waals surface area (Å²) in [6.45, 7) is 5.43. The number of fused-ring (bicyclic) bond motifs is 1. The average Bonchev–Trinajstić information content (AvgIpc) is 3.33. The third kappa shape index (κ3) is 4.99. The molecule has 0 spiro atoms. The molecule has 46 heavy (non-hydrogen) atoms. The van der Waals surface area contributed by atoms with Crippen LogP contribution >= 0.6 is 0 Å². The minimum atomic E-state index is -4.58. The second-order valence-electron chi connectivity index (χ2n) is 10.9. The van der Waals surface area contributed by atoms with Crippen LogP contribution in [0.4, 0.5) is 15.8 Å². The van der Waals surface area contributed by atoms with E-state index < -0.39 is 27.3 Å². The second-order valence-corrected chi connectivity index (χ2v) is 12.6. The van der Waals surface area contributed by atoms with Crippen molar-refractivity contribution < 1.29 is 27.1 Å². The molecule has 1 unspecified atom stereocenters. The van der Waals surface area contributed by atoms with Crippen molar-refractivity contribution in [3.63, 3.8) is 0 Å². The molecular formula is C33H31FN6O5S. The minimum Gasteiger partial charge on any atom is -0.495 e. The van der Waals surface area contributed by atoms with Crippen molar-refractivity contribution >= 4 is 27.3 Å². The van der Waals surface area contributed by atoms with Crippen LogP contribution in [0, 0.1) is 24.1 Å². The molecule has 13 heteroatoms. The van der Waals surface area contributed by atoms with Crippen LogP contribution in [0.15, 0.2) is 78.1 Å². The van der Waals surface area contributed by atoms with Gasteiger partial charge in [0.15, 0.2) is 10.6 Å². The van der Waals surface area contributed by atoms with Gasteiger partial charge in [-0.2, -0.15) is 18.0 Å². The molecule has 11 nitrogen and oxygen atoms in total. The Morgan fingerprint density at radius 3 is 2.43 bits per heavy atom. The van der Waals surface area contributed by atoms with E-state index in [1.165, 1.54) is 61.8 Å². The number of pyridine rings is 2. The number of sulfonamides is 1. The molecule has 4 aromatic rings. The largest absolute Gasteiger partial charge is 0.495 e. The third-order valence-electron chi connectivity index (χ3n) is 8.31. The number of piperazine rings is 1. The van der Waals surface area contributed by atoms with Gasteiger partial charge in [0.1, 0.15) is 17.3 Å². The fraction of sp³-hybridized carbons (Fsp3) is 0.273. The molecule has 1 fully saturated rings. The first-order chi connectivity index (χ1) is 22.1. The predicted molar refractivity (Wildman–Crippen MR) is 168 cm³/mol. The van der Waals surface area contributed by atoms with Gasteiger partial charge in [-0.3, -0.25) is 14.7 Å². The second kappa shape index (κ2) is 12.0. The normalized spacial score (nSPS) is 18.3. The van der Waals surface area contributed by atoms with Gasteiger partial charge in [-0.05, 0) is 68.4 Å². The van der Waals surface area contributed by atoms with Crippen LogP contribution in [-0.2, 0) is 20.4 Å². The third-order valence-corrected chi connectivity index (χ3v) is 9.92. The Balaban J connectivity index is 1.57. The van der Waals surface area contributed by atoms with Crippen LogP contribution < -0.4 is 18.7 Å². The number of benzene rings is 2. The van der Waals surface area contributed by atoms with Gasteiger partial charge in [0.25, 0.3) is 15.9 Å². The number of hydrogen-bond donors (Lipinski definition) is 0. The predicted octanol–water partition coefficient (Wildman–Crippen LogP) is 4.00. The number of aryl methyl sites for hydroxylation is 1. The van der Waals surface area contributed by atoms with Gasteiger partial charge < -0.3 is 14.4 Å². The molecule has 1 saturated heterocycles. The van der Waals surface area contributed by atoms with Gasteiger partial charge >= 0.3 is 0 Å². The molecule has 0 bridgehead atoms. The summed E-state index contributed by atoms with van der Waals surface area (Å²) in [5.74, 6) is -0.951. The van der Waals surface area contributed by atoms with Crippen molar-refractivity contribution in [1.82, 2.24) is 14.9 Å². The quantitative estimate of drug-likeness (QED) is 0.278. The molecule has 2 aliphatic rings. The molecule has 2 aromatic carbocycles. The number of anilines is 2. The van der Waals surface area contributed by atoms with Gasteiger partial charge in [-0.15, -0.1) is 0 Å². The highest BCUT2D eigenvalue weighted by atomic mass is 32.2. The maximum atomic E-state index is 15.2. The lowest BCUT2D eigenvalue weighted by Crippen LogP contribution is -2.60. The van der Waals surface area contributed by atoms with Crippen molar-refractivity contribution in [1.29, 1.82) is 5.26 Å². The minimum absolute atomic E-state index is 0.0700. The van der Waals surface area contributed by atoms with E-state index in [0.29, 0.717) is 31.9 Å². The van der Waals surface area contributed by atoms with Crippen LogP contribution in [-0.4, -0.2) is 69.1 Å². The van der Waals surface area contributed by atoms with Crippen LogP contribution in [0.2, 0.25) is 0 Å². The molecule has 2 aromatic heterocycles. The lowest BCUT2D eigenvalue weighted by Gasteiger charge is -2.46. The lowest BCUT2D eigenvalue weighted by atomic mass is 9.80. The highest BCUT2D eigenvalue weighted by Crippen LogP contribution is 2.53. The highest BCUT2D eigenvalue weighted by molar-refractivity contribution is 7.93. The smallest absolute Gasteiger partial charge is 0.288 e. The molecule has 236 valence electrons. The fourth-order valence-corrected chi connectivity index (χ4v) is 7.63. The lowest BCUT2D eigenvalue weighted by molar-refractivity contribution is -0.127. The molecule has 0 saturated carbocycles. The summed E-state index contributed by atoms with van der Waals surface area (Å²) < 4.78 is 55.1. The van der Waals surface area contributed by atoms with E-state index >= 15 is 4.79 Å². The van der Waals surface area contributed by atoms with Crippen LogP contribution in [0.5, 0.6) is 11.5 Å². The number of rotatable bonds is 8. The Hall–Kier alpha value is -5.06. The summed E-state index contributed by atoms with van der Waals surface area (Å²) in [5.41, 5.74) is 0.878. The average molecular weight is 643 g/mol. The standard InChI is InChI=1S/C33H31FN6O5S/c1-4-45-30-19-24(34)6-8-27(30)33(39-15-13-38(14-16-39)25-11-12-36-22(2)17-25)28-18-23(20-35)5-9-29(28)40(32(33)41)46(42,43)31-10-7-26(44-3)21-37-31/h5-12,17-19,21H,4,13-16H2,1-3H3. The first-order valence-corrected chi connectivity index (χ1v) is 16.1. The molecule has 6 rings (SSSR count). The number of aromatic nitrogens is 2. The number of nitriles is 1. The molecule has 1 atom stereocenters. The highest BCUT2D eigenvalue weighted by Gasteiger charge is 2.61. The molecule has 1 amide bonds. The maximum Gasteiger partial charge on any atom is 0.288 e. The van der Waals surface area contributed by atoms with E-state index in [9.17, 15) is 18.1 Å². The van der Waals surface area contributed by atoms with Gasteiger partial charge in [-0.1, -0.05) is 0 Å². The summed E-state index contributed by atoms with van der Waals surface area (Å²) in [4.78, 5) is 27.6. The van der Waals surface area contributed by atoms with Crippen molar-refractivity contribution in [3.8, 4) is 17.6 Å². The Morgan fingerprint density at radius 1 is 1.00 bits per heavy atom. The fourth-order valence-electron chi connectivity index (χ4n) is 6.25. The van der Waals surface area contributed by atoms with Gasteiger partial charge in [-0.25, -0.2) is 9.37 Å². The molecule has 2 aliphatic heterocycles. The first kappa shape index (κ1) is 30.9. The van der Waals surface area contributed by atoms with Crippen LogP contribution in [0.1, 0.15) is 29.3 Å². The van der Waals surface area contributed by atoms with Crippen molar-refractivity contribution in [2.45, 2.75) is 24.4 Å². The molecule has 0 aliphatic carbocycles. The van der Waals surface area contributed by atoms with E-state index in [4.69, 9.17) is 9.47 Å². The number of hydrogen-bond acceptors (Lipinski definition) is 10. The SMILES string of the molecule is CCOc1cc(F)ccc1C1(N2CCN(c3ccnc(C)c3)CC2)C(=O)N(S(=O)(=O)c2ccc(OC)cn2)c2ccc(C#N)cc21. The number of carbonyl (C=O) groups is 1. The van der Waals surface area contributed by atoms with E-state index in [1.54, 1.807) is 13.1 Å². The maximum absolute atomic E-state index is 15.2. The van der Waals surface area contributed by atoms with E-state index in [2.05, 4.69) is 20.9 Å². The van der Waals surface area contributed by atoms with Gasteiger partial charge in [0.2, 0.25) is 0 Å². The summed E-state index contributed by atoms with van der Waals surface area (Å²) in [6, 6.07) is 17.0. The number of halogens is 1. The van der Waals surface area contributed by atoms with E-state index in [0.717, 1.165) is 15.7 Å². The molecule has 0 radical (unpaired) electrons. The Labute approximate surface area is 266 Å². The Morgan fingerprint density at radius 2 is 1.78 bits per heavy atom. The molecule has 0 N–H and O–H groups in total. The molecular weight excluding hydrogens is 611 g/mol. The summed E-state index contributed by atoms with van der Waals surface area (Å²) >= 11 is 0. The summed E-state index contributed by atoms with van der Waals surface area (Å²) in [7, 11) is -3.15. The number of nitrogens with zero attached hydrogens (tertiary/aromatic N) is 6. The van der Waals surface area contributed by atoms with E-state index in [-0.39, 0.29) is 39.8 Å². The van der Waals surface area contributed by atoms with Crippen molar-refractivity contribution in [2.75, 3.05) is 49.1 Å². The zero-order chi connectivity index (χ0) is 32.6. The topological polar surface area (TPSA) is 129 Å². The van der Waals surface area contributed by atoms with Crippen molar-refractivity contribution in [3.05, 3.63) is 101 Å². The zero-order valence-electron chi connectivity index (χ0n) is 25.5. The number of methoxy groups -OCH3 is 1. The Kier molecular flexibility index (Phi) is 8.10. The van der Waals surface area contributed by atoms with Crippen LogP contribution in [0.3, 0.4) is 0 Å². The van der Waals surface area contributed by atoms with Gasteiger partial charge in [0, 0.05) is 61.0 Å². The summed E-state index contributed by atoms with van der Waals surface area (Å²) in [5, 5.41) is 9.54. The Bertz CT molecular complexity index is 1960. The van der Waals surface area contributed by atoms with Crippen molar-refractivity contribution in [2.24, 2.45) is 0 Å².